The molecule has 3 heteroatoms. The summed E-state index contributed by atoms with van der Waals surface area (Å²) in [6, 6.07) is 1.98. The van der Waals surface area contributed by atoms with Crippen LogP contribution in [0.5, 0.6) is 0 Å². The molecule has 0 radical (unpaired) electrons. The van der Waals surface area contributed by atoms with E-state index in [1.54, 1.807) is 18.0 Å². The maximum atomic E-state index is 5.62. The van der Waals surface area contributed by atoms with Crippen molar-refractivity contribution in [2.75, 3.05) is 6.54 Å². The second-order valence-electron chi connectivity index (χ2n) is 3.41. The van der Waals surface area contributed by atoms with Gasteiger partial charge in [-0.1, -0.05) is 0 Å². The van der Waals surface area contributed by atoms with Crippen LogP contribution >= 0.6 is 11.8 Å². The number of hydrogen-bond donors (Lipinski definition) is 1. The number of rotatable bonds is 3. The van der Waals surface area contributed by atoms with Crippen LogP contribution in [0.15, 0.2) is 21.6 Å². The monoisotopic (exact) mass is 185 g/mol. The van der Waals surface area contributed by atoms with Crippen molar-refractivity contribution in [2.24, 2.45) is 5.73 Å². The summed E-state index contributed by atoms with van der Waals surface area (Å²) >= 11 is 1.76. The number of thioether (sulfide) groups is 1. The number of furan rings is 1. The molecule has 0 aliphatic heterocycles. The first-order valence-corrected chi connectivity index (χ1v) is 4.80. The molecule has 0 aliphatic rings. The molecule has 1 aromatic heterocycles. The van der Waals surface area contributed by atoms with E-state index < -0.39 is 0 Å². The summed E-state index contributed by atoms with van der Waals surface area (Å²) in [5.41, 5.74) is 5.62. The zero-order valence-electron chi connectivity index (χ0n) is 7.76. The molecule has 1 rings (SSSR count). The molecule has 0 saturated heterocycles. The minimum atomic E-state index is 0.0919. The first-order valence-electron chi connectivity index (χ1n) is 3.98. The predicted molar refractivity (Wildman–Crippen MR) is 52.4 cm³/mol. The lowest BCUT2D eigenvalue weighted by atomic mass is 10.2. The van der Waals surface area contributed by atoms with Crippen molar-refractivity contribution in [3.8, 4) is 0 Å². The Morgan fingerprint density at radius 1 is 1.58 bits per heavy atom. The highest BCUT2D eigenvalue weighted by molar-refractivity contribution is 8.00. The van der Waals surface area contributed by atoms with Gasteiger partial charge in [0.05, 0.1) is 6.26 Å². The molecule has 1 heterocycles. The van der Waals surface area contributed by atoms with Gasteiger partial charge in [-0.2, -0.15) is 0 Å². The highest BCUT2D eigenvalue weighted by Crippen LogP contribution is 2.33. The fraction of sp³-hybridized carbons (Fsp3) is 0.556. The molecule has 2 N–H and O–H groups in total. The highest BCUT2D eigenvalue weighted by atomic mass is 32.2. The van der Waals surface area contributed by atoms with Crippen LogP contribution in [0.4, 0.5) is 0 Å². The summed E-state index contributed by atoms with van der Waals surface area (Å²) < 4.78 is 5.29. The Balaban J connectivity index is 2.70. The van der Waals surface area contributed by atoms with Crippen molar-refractivity contribution in [3.63, 3.8) is 0 Å². The lowest BCUT2D eigenvalue weighted by molar-refractivity contribution is 0.526. The first-order chi connectivity index (χ1) is 5.55. The van der Waals surface area contributed by atoms with Gasteiger partial charge in [-0.15, -0.1) is 11.8 Å². The van der Waals surface area contributed by atoms with E-state index >= 15 is 0 Å². The molecule has 0 saturated carbocycles. The molecule has 0 amide bonds. The van der Waals surface area contributed by atoms with Gasteiger partial charge in [0.1, 0.15) is 5.76 Å². The Morgan fingerprint density at radius 3 is 2.67 bits per heavy atom. The molecular weight excluding hydrogens is 170 g/mol. The summed E-state index contributed by atoms with van der Waals surface area (Å²) in [5.74, 6) is 0.974. The predicted octanol–water partition coefficient (Wildman–Crippen LogP) is 2.42. The van der Waals surface area contributed by atoms with E-state index in [-0.39, 0.29) is 4.75 Å². The third-order valence-electron chi connectivity index (χ3n) is 1.69. The van der Waals surface area contributed by atoms with E-state index in [0.717, 1.165) is 5.76 Å². The Labute approximate surface area is 77.5 Å². The van der Waals surface area contributed by atoms with Crippen molar-refractivity contribution >= 4 is 11.8 Å². The maximum absolute atomic E-state index is 5.62. The Morgan fingerprint density at radius 2 is 2.25 bits per heavy atom. The smallest absolute Gasteiger partial charge is 0.114 e. The third kappa shape index (κ3) is 2.29. The SMILES string of the molecule is Cc1occc1SC(C)(C)CN. The van der Waals surface area contributed by atoms with Gasteiger partial charge in [0.25, 0.3) is 0 Å². The van der Waals surface area contributed by atoms with Gasteiger partial charge >= 0.3 is 0 Å². The molecule has 68 valence electrons. The fourth-order valence-corrected chi connectivity index (χ4v) is 1.81. The van der Waals surface area contributed by atoms with Gasteiger partial charge < -0.3 is 10.2 Å². The van der Waals surface area contributed by atoms with E-state index in [1.165, 1.54) is 4.90 Å². The van der Waals surface area contributed by atoms with E-state index in [2.05, 4.69) is 13.8 Å². The van der Waals surface area contributed by atoms with Gasteiger partial charge in [-0.05, 0) is 26.8 Å². The number of aryl methyl sites for hydroxylation is 1. The molecule has 0 atom stereocenters. The normalized spacial score (nSPS) is 12.0. The fourth-order valence-electron chi connectivity index (χ4n) is 0.819. The summed E-state index contributed by atoms with van der Waals surface area (Å²) in [7, 11) is 0. The van der Waals surface area contributed by atoms with Gasteiger partial charge in [0.15, 0.2) is 0 Å². The Bertz CT molecular complexity index is 255. The maximum Gasteiger partial charge on any atom is 0.114 e. The van der Waals surface area contributed by atoms with E-state index in [0.29, 0.717) is 6.54 Å². The molecule has 2 nitrogen and oxygen atoms in total. The van der Waals surface area contributed by atoms with Crippen LogP contribution in [0.3, 0.4) is 0 Å². The van der Waals surface area contributed by atoms with Gasteiger partial charge in [0.2, 0.25) is 0 Å². The summed E-state index contributed by atoms with van der Waals surface area (Å²) in [5, 5.41) is 0. The lowest BCUT2D eigenvalue weighted by Gasteiger charge is -2.20. The molecule has 0 aromatic carbocycles. The third-order valence-corrected chi connectivity index (χ3v) is 3.05. The van der Waals surface area contributed by atoms with E-state index in [4.69, 9.17) is 10.2 Å². The van der Waals surface area contributed by atoms with Gasteiger partial charge in [0, 0.05) is 16.2 Å². The zero-order valence-corrected chi connectivity index (χ0v) is 8.57. The molecule has 12 heavy (non-hydrogen) atoms. The Hall–Kier alpha value is -0.410. The van der Waals surface area contributed by atoms with E-state index in [1.807, 2.05) is 13.0 Å². The van der Waals surface area contributed by atoms with Crippen LogP contribution in [0, 0.1) is 6.92 Å². The standard InChI is InChI=1S/C9H15NOS/c1-7-8(4-5-11-7)12-9(2,3)6-10/h4-5H,6,10H2,1-3H3. The summed E-state index contributed by atoms with van der Waals surface area (Å²) in [6.07, 6.45) is 1.71. The molecule has 0 unspecified atom stereocenters. The zero-order chi connectivity index (χ0) is 9.19. The molecule has 1 aromatic rings. The lowest BCUT2D eigenvalue weighted by Crippen LogP contribution is -2.26. The van der Waals surface area contributed by atoms with Crippen LogP contribution in [0.1, 0.15) is 19.6 Å². The van der Waals surface area contributed by atoms with Crippen LogP contribution in [-0.2, 0) is 0 Å². The van der Waals surface area contributed by atoms with Crippen LogP contribution in [0.2, 0.25) is 0 Å². The van der Waals surface area contributed by atoms with Crippen molar-refractivity contribution < 1.29 is 4.42 Å². The minimum absolute atomic E-state index is 0.0919. The molecule has 0 spiro atoms. The topological polar surface area (TPSA) is 39.2 Å². The van der Waals surface area contributed by atoms with Crippen molar-refractivity contribution in [3.05, 3.63) is 18.1 Å². The van der Waals surface area contributed by atoms with Crippen LogP contribution < -0.4 is 5.73 Å². The highest BCUT2D eigenvalue weighted by Gasteiger charge is 2.18. The average Bonchev–Trinajstić information content (AvgIpc) is 2.36. The summed E-state index contributed by atoms with van der Waals surface area (Å²) in [6.45, 7) is 6.89. The van der Waals surface area contributed by atoms with Crippen LogP contribution in [-0.4, -0.2) is 11.3 Å². The average molecular weight is 185 g/mol. The second kappa shape index (κ2) is 3.54. The quantitative estimate of drug-likeness (QED) is 0.735. The molecule has 0 bridgehead atoms. The van der Waals surface area contributed by atoms with Gasteiger partial charge in [-0.3, -0.25) is 0 Å². The Kier molecular flexibility index (Phi) is 2.85. The van der Waals surface area contributed by atoms with Gasteiger partial charge in [-0.25, -0.2) is 0 Å². The second-order valence-corrected chi connectivity index (χ2v) is 5.16. The minimum Gasteiger partial charge on any atom is -0.468 e. The first kappa shape index (κ1) is 9.68. The molecular formula is C9H15NOS. The van der Waals surface area contributed by atoms with Crippen LogP contribution in [0.25, 0.3) is 0 Å². The van der Waals surface area contributed by atoms with E-state index in [9.17, 15) is 0 Å². The van der Waals surface area contributed by atoms with Crippen molar-refractivity contribution in [1.82, 2.24) is 0 Å². The van der Waals surface area contributed by atoms with Crippen molar-refractivity contribution in [2.45, 2.75) is 30.4 Å². The molecule has 0 fully saturated rings. The van der Waals surface area contributed by atoms with Crippen molar-refractivity contribution in [1.29, 1.82) is 0 Å². The largest absolute Gasteiger partial charge is 0.468 e. The number of hydrogen-bond acceptors (Lipinski definition) is 3. The summed E-state index contributed by atoms with van der Waals surface area (Å²) in [4.78, 5) is 1.19. The molecule has 0 aliphatic carbocycles. The number of nitrogens with two attached hydrogens (primary N) is 1.